The van der Waals surface area contributed by atoms with E-state index >= 15 is 0 Å². The maximum atomic E-state index is 14.7. The quantitative estimate of drug-likeness (QED) is 0.134. The first-order valence-corrected chi connectivity index (χ1v) is 18.7. The number of likely N-dealkylation sites (tertiary alicyclic amines) is 2. The summed E-state index contributed by atoms with van der Waals surface area (Å²) < 4.78 is 38.8. The fourth-order valence-corrected chi connectivity index (χ4v) is 7.31. The Morgan fingerprint density at radius 3 is 2.09 bits per heavy atom. The first kappa shape index (κ1) is 39.9. The van der Waals surface area contributed by atoms with E-state index in [1.54, 1.807) is 24.8 Å². The van der Waals surface area contributed by atoms with Crippen molar-refractivity contribution in [3.8, 4) is 11.1 Å². The highest BCUT2D eigenvalue weighted by Crippen LogP contribution is 2.41. The number of carbonyl (C=O) groups is 4. The number of nitrogens with one attached hydrogen (secondary N) is 4. The van der Waals surface area contributed by atoms with E-state index in [1.165, 1.54) is 20.4 Å². The number of H-pyrrole nitrogens is 2. The van der Waals surface area contributed by atoms with Crippen LogP contribution >= 0.6 is 0 Å². The lowest BCUT2D eigenvalue weighted by molar-refractivity contribution is -0.137. The third-order valence-electron chi connectivity index (χ3n) is 10.3. The average Bonchev–Trinajstić information content (AvgIpc) is 3.99. The summed E-state index contributed by atoms with van der Waals surface area (Å²) in [5, 5.41) is 5.15. The highest BCUT2D eigenvalue weighted by Gasteiger charge is 2.50. The van der Waals surface area contributed by atoms with Gasteiger partial charge in [0.15, 0.2) is 0 Å². The van der Waals surface area contributed by atoms with Crippen LogP contribution in [0.3, 0.4) is 0 Å². The van der Waals surface area contributed by atoms with Gasteiger partial charge < -0.3 is 39.9 Å². The largest absolute Gasteiger partial charge is 0.453 e. The van der Waals surface area contributed by atoms with E-state index in [-0.39, 0.29) is 29.6 Å². The first-order chi connectivity index (χ1) is 26.7. The van der Waals surface area contributed by atoms with Crippen molar-refractivity contribution in [3.63, 3.8) is 0 Å². The molecule has 16 heteroatoms. The Morgan fingerprint density at radius 1 is 0.839 bits per heavy atom. The average molecular weight is 775 g/mol. The molecule has 4 heterocycles. The molecule has 2 fully saturated rings. The lowest BCUT2D eigenvalue weighted by Gasteiger charge is -2.29. The number of halogens is 2. The Hall–Kier alpha value is -5.80. The summed E-state index contributed by atoms with van der Waals surface area (Å²) in [7, 11) is 2.44. The molecule has 0 bridgehead atoms. The van der Waals surface area contributed by atoms with Crippen molar-refractivity contribution >= 4 is 47.2 Å². The first-order valence-electron chi connectivity index (χ1n) is 18.7. The number of benzene rings is 2. The van der Waals surface area contributed by atoms with Crippen molar-refractivity contribution in [1.82, 2.24) is 40.4 Å². The Labute approximate surface area is 323 Å². The predicted molar refractivity (Wildman–Crippen MR) is 205 cm³/mol. The van der Waals surface area contributed by atoms with Gasteiger partial charge in [0.2, 0.25) is 11.8 Å². The van der Waals surface area contributed by atoms with Crippen LogP contribution in [0.5, 0.6) is 0 Å². The standard InChI is InChI=1S/C40H48F2N8O6/c1-22(2)32(47-38(53)55-5)36(51)49-17-7-8-30(49)35-45-28-16-14-26(18-29(28)46-35)25-12-9-24(10-13-25)11-15-27-20-43-34(44-27)31-19-40(41,42)21-50(31)37(52)33(23(3)4)48-39(54)56-6/h9-16,18,20,22-23,30-33H,7-8,17,19,21H2,1-6H3,(H,43,44)(H,45,46)(H,47,53)(H,48,54)/b15-11+. The van der Waals surface area contributed by atoms with Crippen molar-refractivity contribution in [2.45, 2.75) is 77.0 Å². The monoisotopic (exact) mass is 774 g/mol. The zero-order valence-electron chi connectivity index (χ0n) is 32.3. The van der Waals surface area contributed by atoms with E-state index < -0.39 is 55.1 Å². The Balaban J connectivity index is 1.13. The molecule has 2 aliphatic rings. The minimum atomic E-state index is -3.12. The van der Waals surface area contributed by atoms with E-state index in [1.807, 2.05) is 62.4 Å². The maximum absolute atomic E-state index is 14.7. The number of aromatic nitrogens is 4. The number of hydrogen-bond acceptors (Lipinski definition) is 8. The van der Waals surface area contributed by atoms with Crippen LogP contribution in [0.25, 0.3) is 34.3 Å². The van der Waals surface area contributed by atoms with E-state index in [9.17, 15) is 28.0 Å². The minimum Gasteiger partial charge on any atom is -0.453 e. The van der Waals surface area contributed by atoms with Crippen molar-refractivity contribution in [1.29, 1.82) is 0 Å². The number of alkyl carbamates (subject to hydrolysis) is 2. The summed E-state index contributed by atoms with van der Waals surface area (Å²) >= 11 is 0. The molecule has 2 aliphatic heterocycles. The number of imidazole rings is 2. The van der Waals surface area contributed by atoms with Gasteiger partial charge in [-0.3, -0.25) is 9.59 Å². The van der Waals surface area contributed by atoms with Crippen LogP contribution < -0.4 is 10.6 Å². The molecule has 0 aliphatic carbocycles. The second kappa shape index (κ2) is 16.5. The van der Waals surface area contributed by atoms with Gasteiger partial charge in [0.25, 0.3) is 5.92 Å². The van der Waals surface area contributed by atoms with E-state index in [0.717, 1.165) is 45.5 Å². The molecule has 4 amide bonds. The number of alkyl halides is 2. The number of carbonyl (C=O) groups excluding carboxylic acids is 4. The molecular weight excluding hydrogens is 726 g/mol. The number of methoxy groups -OCH3 is 2. The van der Waals surface area contributed by atoms with E-state index in [2.05, 4.69) is 30.3 Å². The van der Waals surface area contributed by atoms with Crippen molar-refractivity contribution in [2.24, 2.45) is 11.8 Å². The Morgan fingerprint density at radius 2 is 1.46 bits per heavy atom. The number of fused-ring (bicyclic) bond motifs is 1. The molecule has 0 saturated carbocycles. The summed E-state index contributed by atoms with van der Waals surface area (Å²) in [6.07, 6.45) is 4.69. The van der Waals surface area contributed by atoms with Crippen molar-refractivity contribution < 1.29 is 37.4 Å². The molecule has 4 N–H and O–H groups in total. The molecule has 0 spiro atoms. The fourth-order valence-electron chi connectivity index (χ4n) is 7.31. The molecular formula is C40H48F2N8O6. The normalized spacial score (nSPS) is 19.2. The fraction of sp³-hybridized carbons (Fsp3) is 0.450. The van der Waals surface area contributed by atoms with Crippen LogP contribution in [0.1, 0.15) is 81.9 Å². The maximum Gasteiger partial charge on any atom is 0.407 e. The second-order valence-corrected chi connectivity index (χ2v) is 15.0. The number of rotatable bonds is 11. The third-order valence-corrected chi connectivity index (χ3v) is 10.3. The number of amides is 4. The van der Waals surface area contributed by atoms with Gasteiger partial charge >= 0.3 is 12.2 Å². The van der Waals surface area contributed by atoms with Crippen LogP contribution in [0, 0.1) is 11.8 Å². The van der Waals surface area contributed by atoms with E-state index in [4.69, 9.17) is 9.72 Å². The molecule has 4 aromatic rings. The molecule has 4 atom stereocenters. The van der Waals surface area contributed by atoms with Crippen LogP contribution in [0.2, 0.25) is 0 Å². The molecule has 56 heavy (non-hydrogen) atoms. The molecule has 14 nitrogen and oxygen atoms in total. The van der Waals surface area contributed by atoms with Gasteiger partial charge in [-0.1, -0.05) is 64.1 Å². The topological polar surface area (TPSA) is 175 Å². The zero-order valence-corrected chi connectivity index (χ0v) is 32.3. The van der Waals surface area contributed by atoms with Crippen molar-refractivity contribution in [2.75, 3.05) is 27.3 Å². The van der Waals surface area contributed by atoms with Crippen molar-refractivity contribution in [3.05, 3.63) is 71.6 Å². The molecule has 2 aromatic carbocycles. The molecule has 0 radical (unpaired) electrons. The number of nitrogens with zero attached hydrogens (tertiary/aromatic N) is 4. The smallest absolute Gasteiger partial charge is 0.407 e. The summed E-state index contributed by atoms with van der Waals surface area (Å²) in [5.74, 6) is -3.50. The number of aromatic amines is 2. The second-order valence-electron chi connectivity index (χ2n) is 15.0. The molecule has 2 saturated heterocycles. The van der Waals surface area contributed by atoms with E-state index in [0.29, 0.717) is 18.1 Å². The van der Waals surface area contributed by atoms with Gasteiger partial charge in [-0.15, -0.1) is 0 Å². The number of hydrogen-bond donors (Lipinski definition) is 4. The van der Waals surface area contributed by atoms with Gasteiger partial charge in [-0.05, 0) is 59.6 Å². The minimum absolute atomic E-state index is 0.130. The summed E-state index contributed by atoms with van der Waals surface area (Å²) in [4.78, 5) is 69.4. The lowest BCUT2D eigenvalue weighted by atomic mass is 10.0. The SMILES string of the molecule is COC(=O)NC(C(=O)N1CC(F)(F)CC1c1ncc(/C=C/c2ccc(-c3ccc4nc(C5CCCN5C(=O)C(NC(=O)OC)C(C)C)[nH]c4c3)cc2)[nH]1)C(C)C. The van der Waals surface area contributed by atoms with Crippen LogP contribution in [0.15, 0.2) is 48.7 Å². The molecule has 6 rings (SSSR count). The Bertz CT molecular complexity index is 2090. The Kier molecular flexibility index (Phi) is 11.8. The van der Waals surface area contributed by atoms with Gasteiger partial charge in [-0.2, -0.15) is 0 Å². The van der Waals surface area contributed by atoms with Gasteiger partial charge in [-0.25, -0.2) is 28.3 Å². The lowest BCUT2D eigenvalue weighted by Crippen LogP contribution is -2.51. The van der Waals surface area contributed by atoms with Crippen LogP contribution in [-0.2, 0) is 19.1 Å². The highest BCUT2D eigenvalue weighted by molar-refractivity contribution is 5.88. The summed E-state index contributed by atoms with van der Waals surface area (Å²) in [6.45, 7) is 6.97. The summed E-state index contributed by atoms with van der Waals surface area (Å²) in [5.41, 5.74) is 5.02. The van der Waals surface area contributed by atoms with Gasteiger partial charge in [0, 0.05) is 13.0 Å². The molecule has 298 valence electrons. The molecule has 4 unspecified atom stereocenters. The van der Waals surface area contributed by atoms with Gasteiger partial charge in [0.05, 0.1) is 55.8 Å². The summed E-state index contributed by atoms with van der Waals surface area (Å²) in [6, 6.07) is 10.8. The van der Waals surface area contributed by atoms with Crippen LogP contribution in [-0.4, -0.2) is 99.1 Å². The predicted octanol–water partition coefficient (Wildman–Crippen LogP) is 6.46. The highest BCUT2D eigenvalue weighted by atomic mass is 19.3. The van der Waals surface area contributed by atoms with Gasteiger partial charge in [0.1, 0.15) is 23.7 Å². The molecule has 2 aromatic heterocycles. The van der Waals surface area contributed by atoms with Crippen LogP contribution in [0.4, 0.5) is 18.4 Å². The number of ether oxygens (including phenoxy) is 2. The zero-order chi connectivity index (χ0) is 40.3. The third kappa shape index (κ3) is 8.68.